The minimum Gasteiger partial charge on any atom is -0.297 e. The van der Waals surface area contributed by atoms with Crippen LogP contribution in [0.4, 0.5) is 0 Å². The van der Waals surface area contributed by atoms with Gasteiger partial charge in [-0.15, -0.1) is 0 Å². The lowest BCUT2D eigenvalue weighted by molar-refractivity contribution is 0.588. The Morgan fingerprint density at radius 3 is 1.21 bits per heavy atom. The summed E-state index contributed by atoms with van der Waals surface area (Å²) in [6.07, 6.45) is 0. The number of hydrogen-bond acceptors (Lipinski definition) is 1. The lowest BCUT2D eigenvalue weighted by Gasteiger charge is -2.16. The smallest absolute Gasteiger partial charge is 0.202 e. The normalized spacial score (nSPS) is 11.6. The van der Waals surface area contributed by atoms with Gasteiger partial charge in [0.2, 0.25) is 7.29 Å². The number of rotatable bonds is 2. The molecule has 2 aromatic carbocycles. The first-order valence-electron chi connectivity index (χ1n) is 6.35. The van der Waals surface area contributed by atoms with Gasteiger partial charge in [-0.25, -0.2) is 0 Å². The second kappa shape index (κ2) is 4.96. The van der Waals surface area contributed by atoms with Crippen molar-refractivity contribution >= 4 is 17.9 Å². The Balaban J connectivity index is 2.61. The molecule has 0 saturated carbocycles. The summed E-state index contributed by atoms with van der Waals surface area (Å²) in [4.78, 5) is 0. The van der Waals surface area contributed by atoms with Crippen molar-refractivity contribution in [3.05, 3.63) is 58.7 Å². The zero-order chi connectivity index (χ0) is 14.2. The molecule has 0 spiro atoms. The highest BCUT2D eigenvalue weighted by Gasteiger charge is 2.23. The van der Waals surface area contributed by atoms with E-state index in [4.69, 9.17) is 5.50 Å². The standard InChI is InChI=1S/C16H20NOP/c1-11-5-12(2)8-15(7-11)19(17,18)16-9-13(3)6-14(4)10-16/h5-10H,1-4H3,(H2,17,18). The first-order chi connectivity index (χ1) is 8.79. The third-order valence-corrected chi connectivity index (χ3v) is 5.23. The van der Waals surface area contributed by atoms with Gasteiger partial charge < -0.3 is 0 Å². The van der Waals surface area contributed by atoms with E-state index >= 15 is 0 Å². The fourth-order valence-electron chi connectivity index (χ4n) is 2.43. The molecular formula is C16H20NOP. The number of nitrogens with two attached hydrogens (primary N) is 1. The summed E-state index contributed by atoms with van der Waals surface area (Å²) in [7, 11) is -3.01. The van der Waals surface area contributed by atoms with Crippen LogP contribution in [0.2, 0.25) is 0 Å². The minimum absolute atomic E-state index is 0.731. The van der Waals surface area contributed by atoms with E-state index < -0.39 is 7.29 Å². The minimum atomic E-state index is -3.01. The topological polar surface area (TPSA) is 43.1 Å². The first kappa shape index (κ1) is 14.0. The lowest BCUT2D eigenvalue weighted by Crippen LogP contribution is -2.23. The van der Waals surface area contributed by atoms with Crippen LogP contribution in [0.3, 0.4) is 0 Å². The second-order valence-electron chi connectivity index (χ2n) is 5.35. The molecule has 19 heavy (non-hydrogen) atoms. The number of benzene rings is 2. The van der Waals surface area contributed by atoms with E-state index in [1.807, 2.05) is 52.0 Å². The zero-order valence-corrected chi connectivity index (χ0v) is 12.8. The Hall–Kier alpha value is -1.37. The quantitative estimate of drug-likeness (QED) is 0.854. The van der Waals surface area contributed by atoms with Crippen molar-refractivity contribution < 1.29 is 4.57 Å². The van der Waals surface area contributed by atoms with Gasteiger partial charge in [-0.2, -0.15) is 0 Å². The van der Waals surface area contributed by atoms with Crippen LogP contribution in [0.15, 0.2) is 36.4 Å². The highest BCUT2D eigenvalue weighted by atomic mass is 31.2. The molecule has 0 heterocycles. The highest BCUT2D eigenvalue weighted by Crippen LogP contribution is 2.35. The van der Waals surface area contributed by atoms with E-state index in [9.17, 15) is 4.57 Å². The van der Waals surface area contributed by atoms with Crippen molar-refractivity contribution in [2.45, 2.75) is 27.7 Å². The Labute approximate surface area is 115 Å². The molecule has 0 aliphatic heterocycles. The van der Waals surface area contributed by atoms with Gasteiger partial charge in [0.25, 0.3) is 0 Å². The van der Waals surface area contributed by atoms with Crippen LogP contribution < -0.4 is 16.1 Å². The molecule has 0 saturated heterocycles. The molecule has 100 valence electrons. The Morgan fingerprint density at radius 1 is 0.684 bits per heavy atom. The maximum Gasteiger partial charge on any atom is 0.202 e. The van der Waals surface area contributed by atoms with E-state index in [2.05, 4.69) is 12.1 Å². The predicted octanol–water partition coefficient (Wildman–Crippen LogP) is 3.11. The predicted molar refractivity (Wildman–Crippen MR) is 82.9 cm³/mol. The molecule has 2 rings (SSSR count). The Morgan fingerprint density at radius 2 is 0.947 bits per heavy atom. The van der Waals surface area contributed by atoms with Gasteiger partial charge in [0, 0.05) is 10.6 Å². The van der Waals surface area contributed by atoms with Crippen molar-refractivity contribution in [3.63, 3.8) is 0 Å². The summed E-state index contributed by atoms with van der Waals surface area (Å²) < 4.78 is 13.0. The Kier molecular flexibility index (Phi) is 3.66. The van der Waals surface area contributed by atoms with E-state index in [-0.39, 0.29) is 0 Å². The summed E-state index contributed by atoms with van der Waals surface area (Å²) in [5.74, 6) is 0. The molecule has 2 nitrogen and oxygen atoms in total. The summed E-state index contributed by atoms with van der Waals surface area (Å²) >= 11 is 0. The van der Waals surface area contributed by atoms with Crippen molar-refractivity contribution in [1.82, 2.24) is 0 Å². The third kappa shape index (κ3) is 2.97. The number of aryl methyl sites for hydroxylation is 4. The largest absolute Gasteiger partial charge is 0.297 e. The highest BCUT2D eigenvalue weighted by molar-refractivity contribution is 7.76. The molecule has 0 aromatic heterocycles. The summed E-state index contributed by atoms with van der Waals surface area (Å²) in [6, 6.07) is 11.8. The van der Waals surface area contributed by atoms with Crippen molar-refractivity contribution in [2.75, 3.05) is 0 Å². The molecule has 0 aliphatic rings. The van der Waals surface area contributed by atoms with Gasteiger partial charge in [-0.05, 0) is 52.0 Å². The lowest BCUT2D eigenvalue weighted by atomic mass is 10.2. The maximum absolute atomic E-state index is 13.0. The van der Waals surface area contributed by atoms with Crippen LogP contribution >= 0.6 is 7.29 Å². The van der Waals surface area contributed by atoms with Crippen molar-refractivity contribution in [3.8, 4) is 0 Å². The van der Waals surface area contributed by atoms with E-state index in [1.54, 1.807) is 0 Å². The molecule has 0 radical (unpaired) electrons. The van der Waals surface area contributed by atoms with Gasteiger partial charge in [-0.1, -0.05) is 34.4 Å². The van der Waals surface area contributed by atoms with Gasteiger partial charge in [0.1, 0.15) is 0 Å². The monoisotopic (exact) mass is 273 g/mol. The molecule has 0 unspecified atom stereocenters. The van der Waals surface area contributed by atoms with Crippen LogP contribution in [0.25, 0.3) is 0 Å². The van der Waals surface area contributed by atoms with Crippen LogP contribution in [0.1, 0.15) is 22.3 Å². The van der Waals surface area contributed by atoms with Gasteiger partial charge in [0.15, 0.2) is 0 Å². The van der Waals surface area contributed by atoms with Crippen LogP contribution in [0, 0.1) is 27.7 Å². The molecule has 0 fully saturated rings. The third-order valence-electron chi connectivity index (χ3n) is 3.18. The van der Waals surface area contributed by atoms with Crippen LogP contribution in [0.5, 0.6) is 0 Å². The van der Waals surface area contributed by atoms with Crippen molar-refractivity contribution in [2.24, 2.45) is 5.50 Å². The second-order valence-corrected chi connectivity index (χ2v) is 7.70. The summed E-state index contributed by atoms with van der Waals surface area (Å²) in [5.41, 5.74) is 10.5. The molecule has 2 aromatic rings. The van der Waals surface area contributed by atoms with Gasteiger partial charge in [-0.3, -0.25) is 10.1 Å². The fourth-order valence-corrected chi connectivity index (χ4v) is 4.31. The SMILES string of the molecule is Cc1cc(C)cc(P(N)(=O)c2cc(C)cc(C)c2)c1. The molecule has 0 bridgehead atoms. The molecule has 3 heteroatoms. The van der Waals surface area contributed by atoms with E-state index in [0.717, 1.165) is 32.9 Å². The molecule has 0 amide bonds. The van der Waals surface area contributed by atoms with Crippen molar-refractivity contribution in [1.29, 1.82) is 0 Å². The Bertz CT molecular complexity index is 580. The average Bonchev–Trinajstić information content (AvgIpc) is 2.26. The van der Waals surface area contributed by atoms with E-state index in [0.29, 0.717) is 0 Å². The van der Waals surface area contributed by atoms with E-state index in [1.165, 1.54) is 0 Å². The summed E-state index contributed by atoms with van der Waals surface area (Å²) in [5, 5.41) is 1.46. The maximum atomic E-state index is 13.0. The molecule has 2 N–H and O–H groups in total. The van der Waals surface area contributed by atoms with Gasteiger partial charge in [0.05, 0.1) is 0 Å². The van der Waals surface area contributed by atoms with Crippen LogP contribution in [-0.4, -0.2) is 0 Å². The average molecular weight is 273 g/mol. The zero-order valence-electron chi connectivity index (χ0n) is 11.9. The molecule has 0 atom stereocenters. The molecular weight excluding hydrogens is 253 g/mol. The number of hydrogen-bond donors (Lipinski definition) is 1. The fraction of sp³-hybridized carbons (Fsp3) is 0.250. The first-order valence-corrected chi connectivity index (χ1v) is 8.13. The van der Waals surface area contributed by atoms with Crippen LogP contribution in [-0.2, 0) is 4.57 Å². The molecule has 0 aliphatic carbocycles. The summed E-state index contributed by atoms with van der Waals surface area (Å²) in [6.45, 7) is 7.99. The van der Waals surface area contributed by atoms with Gasteiger partial charge >= 0.3 is 0 Å².